The molecule has 0 bridgehead atoms. The van der Waals surface area contributed by atoms with Gasteiger partial charge in [0.1, 0.15) is 5.65 Å². The number of hydrogen-bond donors (Lipinski definition) is 1. The number of nitrogens with zero attached hydrogens (tertiary/aromatic N) is 5. The first-order valence-electron chi connectivity index (χ1n) is 11.9. The second-order valence-electron chi connectivity index (χ2n) is 9.31. The Hall–Kier alpha value is -3.23. The van der Waals surface area contributed by atoms with Gasteiger partial charge in [-0.15, -0.1) is 0 Å². The Morgan fingerprint density at radius 3 is 2.76 bits per heavy atom. The lowest BCUT2D eigenvalue weighted by Crippen LogP contribution is -2.36. The number of ether oxygens (including phenoxy) is 1. The highest BCUT2D eigenvalue weighted by Crippen LogP contribution is 2.32. The number of benzene rings is 1. The maximum absolute atomic E-state index is 13.5. The van der Waals surface area contributed by atoms with Crippen LogP contribution in [0.15, 0.2) is 36.4 Å². The molecule has 0 aliphatic carbocycles. The monoisotopic (exact) mass is 460 g/mol. The zero-order valence-electron chi connectivity index (χ0n) is 20.3. The van der Waals surface area contributed by atoms with E-state index in [0.717, 1.165) is 66.0 Å². The quantitative estimate of drug-likeness (QED) is 0.493. The largest absolute Gasteiger partial charge is 0.383 e. The van der Waals surface area contributed by atoms with Crippen LogP contribution < -0.4 is 10.2 Å². The Bertz CT molecular complexity index is 1360. The van der Waals surface area contributed by atoms with Crippen LogP contribution in [0, 0.1) is 6.92 Å². The molecule has 1 aliphatic heterocycles. The maximum Gasteiger partial charge on any atom is 0.255 e. The van der Waals surface area contributed by atoms with E-state index in [2.05, 4.69) is 28.2 Å². The van der Waals surface area contributed by atoms with E-state index in [1.807, 2.05) is 48.6 Å². The molecule has 1 saturated heterocycles. The fourth-order valence-corrected chi connectivity index (χ4v) is 4.90. The number of carbonyl (C=O) groups excluding carboxylic acids is 1. The first-order valence-corrected chi connectivity index (χ1v) is 11.9. The van der Waals surface area contributed by atoms with Crippen molar-refractivity contribution in [3.8, 4) is 0 Å². The molecule has 1 atom stereocenters. The Morgan fingerprint density at radius 2 is 1.94 bits per heavy atom. The standard InChI is InChI=1S/C26H32N6O2/c1-17-14-23(31-11-7-10-30(3)12-13-31)19-15-20(26(33)28-18(2)16-34-4)25-29-21-8-5-6-9-22(21)32(25)24(19)27-17/h5-6,8-9,14-15,18H,7,10-13,16H2,1-4H3,(H,28,33). The highest BCUT2D eigenvalue weighted by Gasteiger charge is 2.23. The number of fused-ring (bicyclic) bond motifs is 5. The third kappa shape index (κ3) is 4.08. The van der Waals surface area contributed by atoms with Crippen LogP contribution in [-0.4, -0.2) is 78.2 Å². The Morgan fingerprint density at radius 1 is 1.12 bits per heavy atom. The van der Waals surface area contributed by atoms with Gasteiger partial charge < -0.3 is 19.9 Å². The van der Waals surface area contributed by atoms with Crippen LogP contribution in [-0.2, 0) is 4.74 Å². The van der Waals surface area contributed by atoms with Crippen molar-refractivity contribution >= 4 is 39.3 Å². The minimum absolute atomic E-state index is 0.116. The van der Waals surface area contributed by atoms with E-state index in [-0.39, 0.29) is 11.9 Å². The number of nitrogens with one attached hydrogen (secondary N) is 1. The van der Waals surface area contributed by atoms with Crippen molar-refractivity contribution in [1.82, 2.24) is 24.6 Å². The predicted molar refractivity (Wildman–Crippen MR) is 136 cm³/mol. The van der Waals surface area contributed by atoms with E-state index >= 15 is 0 Å². The summed E-state index contributed by atoms with van der Waals surface area (Å²) in [4.78, 5) is 28.0. The number of imidazole rings is 1. The number of aryl methyl sites for hydroxylation is 1. The third-order valence-corrected chi connectivity index (χ3v) is 6.55. The van der Waals surface area contributed by atoms with Gasteiger partial charge >= 0.3 is 0 Å². The number of methoxy groups -OCH3 is 1. The molecule has 3 aromatic heterocycles. The summed E-state index contributed by atoms with van der Waals surface area (Å²) in [6.45, 7) is 8.40. The van der Waals surface area contributed by atoms with Gasteiger partial charge in [0.25, 0.3) is 5.91 Å². The first-order chi connectivity index (χ1) is 16.5. The van der Waals surface area contributed by atoms with Gasteiger partial charge in [-0.2, -0.15) is 0 Å². The average Bonchev–Trinajstić information content (AvgIpc) is 3.07. The number of anilines is 1. The fraction of sp³-hybridized carbons (Fsp3) is 0.423. The molecular weight excluding hydrogens is 428 g/mol. The summed E-state index contributed by atoms with van der Waals surface area (Å²) in [5.74, 6) is -0.158. The van der Waals surface area contributed by atoms with Crippen LogP contribution in [0.4, 0.5) is 5.69 Å². The van der Waals surface area contributed by atoms with E-state index in [4.69, 9.17) is 14.7 Å². The van der Waals surface area contributed by atoms with E-state index in [1.165, 1.54) is 0 Å². The van der Waals surface area contributed by atoms with Gasteiger partial charge in [-0.3, -0.25) is 9.20 Å². The fourth-order valence-electron chi connectivity index (χ4n) is 4.90. The number of aromatic nitrogens is 3. The minimum atomic E-state index is -0.158. The summed E-state index contributed by atoms with van der Waals surface area (Å²) < 4.78 is 7.26. The molecule has 1 fully saturated rings. The zero-order chi connectivity index (χ0) is 23.8. The predicted octanol–water partition coefficient (Wildman–Crippen LogP) is 3.25. The van der Waals surface area contributed by atoms with Crippen molar-refractivity contribution in [2.45, 2.75) is 26.3 Å². The summed E-state index contributed by atoms with van der Waals surface area (Å²) in [5, 5.41) is 4.03. The van der Waals surface area contributed by atoms with Crippen LogP contribution in [0.2, 0.25) is 0 Å². The van der Waals surface area contributed by atoms with Crippen molar-refractivity contribution in [3.63, 3.8) is 0 Å². The van der Waals surface area contributed by atoms with Gasteiger partial charge in [0.15, 0.2) is 5.65 Å². The van der Waals surface area contributed by atoms with Crippen molar-refractivity contribution in [2.75, 3.05) is 51.8 Å². The minimum Gasteiger partial charge on any atom is -0.383 e. The van der Waals surface area contributed by atoms with Crippen molar-refractivity contribution < 1.29 is 9.53 Å². The normalized spacial score (nSPS) is 16.3. The summed E-state index contributed by atoms with van der Waals surface area (Å²) in [6.07, 6.45) is 1.09. The van der Waals surface area contributed by atoms with Gasteiger partial charge in [0.05, 0.1) is 23.2 Å². The molecule has 8 heteroatoms. The molecular formula is C26H32N6O2. The van der Waals surface area contributed by atoms with Crippen LogP contribution in [0.25, 0.3) is 27.7 Å². The maximum atomic E-state index is 13.5. The number of hydrogen-bond acceptors (Lipinski definition) is 6. The highest BCUT2D eigenvalue weighted by molar-refractivity contribution is 6.07. The van der Waals surface area contributed by atoms with E-state index in [1.54, 1.807) is 7.11 Å². The Labute approximate surface area is 199 Å². The molecule has 1 aromatic carbocycles. The van der Waals surface area contributed by atoms with Gasteiger partial charge in [-0.25, -0.2) is 9.97 Å². The topological polar surface area (TPSA) is 75.0 Å². The lowest BCUT2D eigenvalue weighted by molar-refractivity contribution is 0.0907. The molecule has 4 heterocycles. The van der Waals surface area contributed by atoms with E-state index in [9.17, 15) is 4.79 Å². The lowest BCUT2D eigenvalue weighted by Gasteiger charge is -2.25. The molecule has 178 valence electrons. The van der Waals surface area contributed by atoms with Gasteiger partial charge in [0.2, 0.25) is 0 Å². The Kier molecular flexibility index (Phi) is 6.10. The molecule has 0 radical (unpaired) electrons. The van der Waals surface area contributed by atoms with Crippen molar-refractivity contribution in [2.24, 2.45) is 0 Å². The molecule has 0 saturated carbocycles. The van der Waals surface area contributed by atoms with E-state index < -0.39 is 0 Å². The number of rotatable bonds is 5. The van der Waals surface area contributed by atoms with Crippen LogP contribution in [0.3, 0.4) is 0 Å². The molecule has 1 N–H and O–H groups in total. The SMILES string of the molecule is COCC(C)NC(=O)c1cc2c(N3CCCN(C)CC3)cc(C)nc2n2c1nc1ccccc12. The van der Waals surface area contributed by atoms with Crippen LogP contribution in [0.1, 0.15) is 29.4 Å². The third-order valence-electron chi connectivity index (χ3n) is 6.55. The summed E-state index contributed by atoms with van der Waals surface area (Å²) in [7, 11) is 3.81. The number of pyridine rings is 2. The molecule has 1 amide bonds. The molecule has 8 nitrogen and oxygen atoms in total. The molecule has 34 heavy (non-hydrogen) atoms. The molecule has 1 unspecified atom stereocenters. The molecule has 5 rings (SSSR count). The van der Waals surface area contributed by atoms with E-state index in [0.29, 0.717) is 17.8 Å². The van der Waals surface area contributed by atoms with Crippen LogP contribution in [0.5, 0.6) is 0 Å². The average molecular weight is 461 g/mol. The number of likely N-dealkylation sites (N-methyl/N-ethyl adjacent to an activating group) is 1. The van der Waals surface area contributed by atoms with Gasteiger partial charge in [-0.05, 0) is 58.1 Å². The number of amides is 1. The summed E-state index contributed by atoms with van der Waals surface area (Å²) >= 11 is 0. The van der Waals surface area contributed by atoms with Crippen LogP contribution >= 0.6 is 0 Å². The van der Waals surface area contributed by atoms with Crippen molar-refractivity contribution in [1.29, 1.82) is 0 Å². The number of carbonyl (C=O) groups is 1. The number of para-hydroxylation sites is 2. The smallest absolute Gasteiger partial charge is 0.255 e. The second kappa shape index (κ2) is 9.19. The van der Waals surface area contributed by atoms with Gasteiger partial charge in [0, 0.05) is 49.6 Å². The van der Waals surface area contributed by atoms with Crippen molar-refractivity contribution in [3.05, 3.63) is 47.7 Å². The molecule has 4 aromatic rings. The summed E-state index contributed by atoms with van der Waals surface area (Å²) in [5.41, 5.74) is 5.86. The zero-order valence-corrected chi connectivity index (χ0v) is 20.3. The second-order valence-corrected chi connectivity index (χ2v) is 9.31. The Balaban J connectivity index is 1.77. The lowest BCUT2D eigenvalue weighted by atomic mass is 10.1. The molecule has 1 aliphatic rings. The molecule has 0 spiro atoms. The summed E-state index contributed by atoms with van der Waals surface area (Å²) in [6, 6.07) is 12.0. The first kappa shape index (κ1) is 22.6. The van der Waals surface area contributed by atoms with Gasteiger partial charge in [-0.1, -0.05) is 12.1 Å². The highest BCUT2D eigenvalue weighted by atomic mass is 16.5.